The number of nitrogens with one attached hydrogen (secondary N) is 2. The largest absolute Gasteiger partial charge is 0.379 e. The summed E-state index contributed by atoms with van der Waals surface area (Å²) in [4.78, 5) is 20.1. The summed E-state index contributed by atoms with van der Waals surface area (Å²) in [6.45, 7) is 1.31. The standard InChI is InChI=1S/C18H21N5O2/c1-25-13-9-12-10-16(22-23(12)11-13)18(24)19-8-4-7-17-20-14-5-2-3-6-15(14)21-17/h2-3,5-6,10,13H,4,7-9,11H2,1H3,(H,19,24)(H,20,21)/t13-/m0/s1. The van der Waals surface area contributed by atoms with Gasteiger partial charge in [-0.25, -0.2) is 4.98 Å². The first kappa shape index (κ1) is 15.8. The SMILES string of the molecule is CO[C@H]1Cc2cc(C(=O)NCCCc3nc4ccccc4[nH]3)nn2C1. The number of carbonyl (C=O) groups excluding carboxylic acids is 1. The summed E-state index contributed by atoms with van der Waals surface area (Å²) in [5.41, 5.74) is 3.56. The number of imidazole rings is 1. The van der Waals surface area contributed by atoms with Gasteiger partial charge in [0.15, 0.2) is 0 Å². The molecule has 3 aromatic rings. The van der Waals surface area contributed by atoms with Crippen LogP contribution in [0.1, 0.15) is 28.4 Å². The highest BCUT2D eigenvalue weighted by atomic mass is 16.5. The van der Waals surface area contributed by atoms with Gasteiger partial charge in [0.1, 0.15) is 11.5 Å². The van der Waals surface area contributed by atoms with Crippen LogP contribution in [0.25, 0.3) is 11.0 Å². The lowest BCUT2D eigenvalue weighted by atomic mass is 10.2. The molecule has 3 heterocycles. The molecule has 2 aromatic heterocycles. The Morgan fingerprint density at radius 2 is 2.32 bits per heavy atom. The number of fused-ring (bicyclic) bond motifs is 2. The van der Waals surface area contributed by atoms with Gasteiger partial charge in [0.2, 0.25) is 0 Å². The van der Waals surface area contributed by atoms with Crippen LogP contribution in [-0.4, -0.2) is 45.4 Å². The van der Waals surface area contributed by atoms with Crippen LogP contribution < -0.4 is 5.32 Å². The van der Waals surface area contributed by atoms with E-state index in [1.54, 1.807) is 7.11 Å². The normalized spacial score (nSPS) is 16.3. The minimum Gasteiger partial charge on any atom is -0.379 e. The molecule has 0 aliphatic carbocycles. The maximum absolute atomic E-state index is 12.2. The van der Waals surface area contributed by atoms with Crippen LogP contribution in [0, 0.1) is 0 Å². The number of aromatic nitrogens is 4. The zero-order chi connectivity index (χ0) is 17.2. The van der Waals surface area contributed by atoms with E-state index < -0.39 is 0 Å². The van der Waals surface area contributed by atoms with Crippen molar-refractivity contribution in [1.82, 2.24) is 25.1 Å². The van der Waals surface area contributed by atoms with E-state index in [9.17, 15) is 4.79 Å². The fourth-order valence-electron chi connectivity index (χ4n) is 3.21. The third-order valence-electron chi connectivity index (χ3n) is 4.56. The Morgan fingerprint density at radius 3 is 3.12 bits per heavy atom. The van der Waals surface area contributed by atoms with Crippen LogP contribution in [0.5, 0.6) is 0 Å². The molecule has 1 amide bonds. The summed E-state index contributed by atoms with van der Waals surface area (Å²) in [6.07, 6.45) is 2.60. The van der Waals surface area contributed by atoms with Crippen molar-refractivity contribution in [2.45, 2.75) is 31.9 Å². The molecule has 7 nitrogen and oxygen atoms in total. The molecule has 1 atom stereocenters. The summed E-state index contributed by atoms with van der Waals surface area (Å²) in [5.74, 6) is 0.822. The zero-order valence-corrected chi connectivity index (χ0v) is 14.2. The predicted molar refractivity (Wildman–Crippen MR) is 93.5 cm³/mol. The number of rotatable bonds is 6. The molecule has 0 bridgehead atoms. The van der Waals surface area contributed by atoms with E-state index in [0.717, 1.165) is 41.8 Å². The molecule has 7 heteroatoms. The van der Waals surface area contributed by atoms with Crippen LogP contribution in [0.2, 0.25) is 0 Å². The van der Waals surface area contributed by atoms with E-state index in [1.165, 1.54) is 0 Å². The number of ether oxygens (including phenoxy) is 1. The third kappa shape index (κ3) is 3.28. The quantitative estimate of drug-likeness (QED) is 0.669. The zero-order valence-electron chi connectivity index (χ0n) is 14.2. The Morgan fingerprint density at radius 1 is 1.44 bits per heavy atom. The van der Waals surface area contributed by atoms with Crippen molar-refractivity contribution in [3.63, 3.8) is 0 Å². The number of aryl methyl sites for hydroxylation is 1. The van der Waals surface area contributed by atoms with E-state index >= 15 is 0 Å². The highest BCUT2D eigenvalue weighted by Gasteiger charge is 2.24. The van der Waals surface area contributed by atoms with Gasteiger partial charge in [0.25, 0.3) is 5.91 Å². The molecule has 0 spiro atoms. The molecular formula is C18H21N5O2. The first-order valence-corrected chi connectivity index (χ1v) is 8.54. The molecule has 0 radical (unpaired) electrons. The maximum atomic E-state index is 12.2. The average molecular weight is 339 g/mol. The molecule has 1 aromatic carbocycles. The minimum absolute atomic E-state index is 0.125. The Kier molecular flexibility index (Phi) is 4.23. The number of para-hydroxylation sites is 2. The Balaban J connectivity index is 1.27. The third-order valence-corrected chi connectivity index (χ3v) is 4.56. The van der Waals surface area contributed by atoms with Crippen molar-refractivity contribution >= 4 is 16.9 Å². The number of amides is 1. The molecule has 0 unspecified atom stereocenters. The molecule has 0 fully saturated rings. The topological polar surface area (TPSA) is 84.8 Å². The van der Waals surface area contributed by atoms with Gasteiger partial charge >= 0.3 is 0 Å². The van der Waals surface area contributed by atoms with Gasteiger partial charge in [0.05, 0.1) is 23.7 Å². The molecule has 1 aliphatic heterocycles. The van der Waals surface area contributed by atoms with Gasteiger partial charge < -0.3 is 15.0 Å². The smallest absolute Gasteiger partial charge is 0.271 e. The molecule has 0 saturated carbocycles. The molecule has 0 saturated heterocycles. The fourth-order valence-corrected chi connectivity index (χ4v) is 3.21. The van der Waals surface area contributed by atoms with Crippen LogP contribution in [0.4, 0.5) is 0 Å². The highest BCUT2D eigenvalue weighted by Crippen LogP contribution is 2.17. The second-order valence-electron chi connectivity index (χ2n) is 6.32. The monoisotopic (exact) mass is 339 g/mol. The molecule has 2 N–H and O–H groups in total. The maximum Gasteiger partial charge on any atom is 0.271 e. The number of methoxy groups -OCH3 is 1. The van der Waals surface area contributed by atoms with Gasteiger partial charge in [-0.2, -0.15) is 5.10 Å². The Bertz CT molecular complexity index is 841. The average Bonchev–Trinajstić information content (AvgIpc) is 3.29. The van der Waals surface area contributed by atoms with Crippen molar-refractivity contribution in [2.24, 2.45) is 0 Å². The van der Waals surface area contributed by atoms with E-state index in [0.29, 0.717) is 18.8 Å². The lowest BCUT2D eigenvalue weighted by Gasteiger charge is -2.05. The van der Waals surface area contributed by atoms with Crippen molar-refractivity contribution in [3.05, 3.63) is 47.5 Å². The lowest BCUT2D eigenvalue weighted by molar-refractivity contribution is 0.0935. The van der Waals surface area contributed by atoms with Crippen molar-refractivity contribution < 1.29 is 9.53 Å². The van der Waals surface area contributed by atoms with E-state index in [4.69, 9.17) is 4.74 Å². The Hall–Kier alpha value is -2.67. The van der Waals surface area contributed by atoms with Crippen LogP contribution in [-0.2, 0) is 24.1 Å². The summed E-state index contributed by atoms with van der Waals surface area (Å²) < 4.78 is 7.18. The molecule has 130 valence electrons. The fraction of sp³-hybridized carbons (Fsp3) is 0.389. The van der Waals surface area contributed by atoms with Crippen LogP contribution in [0.3, 0.4) is 0 Å². The van der Waals surface area contributed by atoms with Gasteiger partial charge in [-0.15, -0.1) is 0 Å². The summed E-state index contributed by atoms with van der Waals surface area (Å²) >= 11 is 0. The second-order valence-corrected chi connectivity index (χ2v) is 6.32. The van der Waals surface area contributed by atoms with Crippen molar-refractivity contribution in [2.75, 3.05) is 13.7 Å². The van der Waals surface area contributed by atoms with Gasteiger partial charge in [-0.1, -0.05) is 12.1 Å². The number of nitrogens with zero attached hydrogens (tertiary/aromatic N) is 3. The van der Waals surface area contributed by atoms with Gasteiger partial charge in [-0.3, -0.25) is 9.48 Å². The van der Waals surface area contributed by atoms with Gasteiger partial charge in [-0.05, 0) is 24.6 Å². The van der Waals surface area contributed by atoms with E-state index in [2.05, 4.69) is 20.4 Å². The van der Waals surface area contributed by atoms with Crippen molar-refractivity contribution in [3.8, 4) is 0 Å². The molecule has 1 aliphatic rings. The minimum atomic E-state index is -0.125. The summed E-state index contributed by atoms with van der Waals surface area (Å²) in [7, 11) is 1.70. The van der Waals surface area contributed by atoms with E-state index in [1.807, 2.05) is 35.0 Å². The summed E-state index contributed by atoms with van der Waals surface area (Å²) in [5, 5.41) is 7.29. The predicted octanol–water partition coefficient (Wildman–Crippen LogP) is 1.69. The number of benzene rings is 1. The lowest BCUT2D eigenvalue weighted by Crippen LogP contribution is -2.25. The van der Waals surface area contributed by atoms with Crippen molar-refractivity contribution in [1.29, 1.82) is 0 Å². The van der Waals surface area contributed by atoms with Crippen LogP contribution in [0.15, 0.2) is 30.3 Å². The second kappa shape index (κ2) is 6.68. The summed E-state index contributed by atoms with van der Waals surface area (Å²) in [6, 6.07) is 9.82. The highest BCUT2D eigenvalue weighted by molar-refractivity contribution is 5.92. The van der Waals surface area contributed by atoms with E-state index in [-0.39, 0.29) is 12.0 Å². The molecular weight excluding hydrogens is 318 g/mol. The number of hydrogen-bond acceptors (Lipinski definition) is 4. The van der Waals surface area contributed by atoms with Gasteiger partial charge in [0, 0.05) is 32.2 Å². The Labute approximate surface area is 145 Å². The first-order chi connectivity index (χ1) is 12.2. The molecule has 4 rings (SSSR count). The number of carbonyl (C=O) groups is 1. The number of H-pyrrole nitrogens is 1. The number of hydrogen-bond donors (Lipinski definition) is 2. The van der Waals surface area contributed by atoms with Crippen LogP contribution >= 0.6 is 0 Å². The number of aromatic amines is 1. The first-order valence-electron chi connectivity index (χ1n) is 8.54. The molecule has 25 heavy (non-hydrogen) atoms.